The van der Waals surface area contributed by atoms with Crippen LogP contribution in [0.15, 0.2) is 12.5 Å². The first kappa shape index (κ1) is 75.5. The number of aliphatic carboxylic acids is 3. The van der Waals surface area contributed by atoms with E-state index >= 15 is 0 Å². The highest BCUT2D eigenvalue weighted by Crippen LogP contribution is 2.15. The predicted octanol–water partition coefficient (Wildman–Crippen LogP) is -4.23. The molecule has 33 heteroatoms. The fraction of sp³-hybridized carbons (Fsp3) is 0.679. The van der Waals surface area contributed by atoms with E-state index in [1.54, 1.807) is 55.4 Å². The van der Waals surface area contributed by atoms with Crippen LogP contribution in [0.3, 0.4) is 0 Å². The van der Waals surface area contributed by atoms with Gasteiger partial charge in [0.2, 0.25) is 59.1 Å². The third-order valence-electron chi connectivity index (χ3n) is 13.8. The minimum Gasteiger partial charge on any atom is -0.481 e. The number of carboxylic acid groups (broad SMARTS) is 3. The normalized spacial score (nSPS) is 15.7. The van der Waals surface area contributed by atoms with Crippen LogP contribution in [-0.4, -0.2) is 186 Å². The first-order valence-corrected chi connectivity index (χ1v) is 28.3. The summed E-state index contributed by atoms with van der Waals surface area (Å²) in [6.07, 6.45) is -1.99. The van der Waals surface area contributed by atoms with Gasteiger partial charge in [-0.25, -0.2) is 9.78 Å². The van der Waals surface area contributed by atoms with Gasteiger partial charge in [-0.05, 0) is 62.7 Å². The van der Waals surface area contributed by atoms with Gasteiger partial charge in [0.25, 0.3) is 0 Å². The van der Waals surface area contributed by atoms with Crippen LogP contribution in [0, 0.1) is 29.1 Å². The lowest BCUT2D eigenvalue weighted by molar-refractivity contribution is -0.144. The Labute approximate surface area is 498 Å². The standard InChI is InChI=1S/C53H90N16O17/c1-10-26(7)41(50(83)63-31(14-16-37(72)73)44(77)61-30(13-12-18-59-53(56)57)43(76)64-33(19-24(3)4)46(79)66-35(52(85)86)21-36(54)71)68-47(80)34(20-29-22-58-23-60-29)65-45(78)32(15-17-38(74)75)62-49(82)40(25(5)6)67-51(84)42(27(8)11-2)69-48(81)39(55)28(9)70/h22-28,30-35,39-42,70H,10-21,55H2,1-9H3,(H2,54,71)(H,58,60)(H,61,77)(H,62,82)(H,63,83)(H,64,76)(H,65,78)(H,66,79)(H,67,84)(H,68,80)(H,69,81)(H,72,73)(H,74,75)(H,85,86)(H4,56,57,59)/t26-,27-,28+,30-,31-,32-,33-,34-,35-,39-,40-,41-,42-/m0/s1. The van der Waals surface area contributed by atoms with Gasteiger partial charge in [-0.3, -0.25) is 62.9 Å². The Hall–Kier alpha value is -8.49. The van der Waals surface area contributed by atoms with Crippen molar-refractivity contribution >= 4 is 82.9 Å². The molecular weight excluding hydrogens is 1130 g/mol. The predicted molar refractivity (Wildman–Crippen MR) is 307 cm³/mol. The number of H-pyrrole nitrogens is 1. The van der Waals surface area contributed by atoms with Gasteiger partial charge in [0.1, 0.15) is 60.4 Å². The van der Waals surface area contributed by atoms with Gasteiger partial charge in [-0.1, -0.05) is 68.2 Å². The van der Waals surface area contributed by atoms with Crippen LogP contribution in [0.1, 0.15) is 132 Å². The van der Waals surface area contributed by atoms with Crippen molar-refractivity contribution in [3.8, 4) is 0 Å². The van der Waals surface area contributed by atoms with Crippen molar-refractivity contribution in [1.29, 1.82) is 5.41 Å². The number of hydrogen-bond donors (Lipinski definition) is 19. The molecule has 0 saturated carbocycles. The Kier molecular flexibility index (Phi) is 33.1. The third kappa shape index (κ3) is 27.5. The molecule has 1 aromatic rings. The van der Waals surface area contributed by atoms with E-state index in [1.165, 1.54) is 19.4 Å². The molecule has 1 heterocycles. The number of imidazole rings is 1. The van der Waals surface area contributed by atoms with Crippen LogP contribution in [0.2, 0.25) is 0 Å². The Bertz CT molecular complexity index is 2500. The number of aliphatic hydroxyl groups excluding tert-OH is 1. The second-order valence-corrected chi connectivity index (χ2v) is 21.9. The smallest absolute Gasteiger partial charge is 0.326 e. The Morgan fingerprint density at radius 1 is 0.558 bits per heavy atom. The van der Waals surface area contributed by atoms with Crippen LogP contribution in [0.25, 0.3) is 0 Å². The zero-order valence-electron chi connectivity index (χ0n) is 50.1. The van der Waals surface area contributed by atoms with Gasteiger partial charge in [-0.15, -0.1) is 0 Å². The summed E-state index contributed by atoms with van der Waals surface area (Å²) in [5.41, 5.74) is 16.6. The fourth-order valence-corrected chi connectivity index (χ4v) is 8.31. The first-order chi connectivity index (χ1) is 40.1. The largest absolute Gasteiger partial charge is 0.481 e. The van der Waals surface area contributed by atoms with Gasteiger partial charge in [0, 0.05) is 32.0 Å². The van der Waals surface area contributed by atoms with Crippen LogP contribution in [0.5, 0.6) is 0 Å². The molecule has 13 atom stereocenters. The number of nitrogens with one attached hydrogen (secondary N) is 12. The van der Waals surface area contributed by atoms with E-state index in [0.29, 0.717) is 6.42 Å². The average Bonchev–Trinajstić information content (AvgIpc) is 2.95. The van der Waals surface area contributed by atoms with Crippen molar-refractivity contribution in [2.75, 3.05) is 6.54 Å². The van der Waals surface area contributed by atoms with E-state index in [-0.39, 0.29) is 50.3 Å². The molecule has 0 spiro atoms. The molecule has 0 radical (unpaired) electrons. The summed E-state index contributed by atoms with van der Waals surface area (Å²) in [5, 5.41) is 71.2. The highest BCUT2D eigenvalue weighted by molar-refractivity contribution is 5.99. The molecule has 0 aliphatic carbocycles. The Balaban J connectivity index is 3.71. The number of aliphatic hydroxyl groups is 1. The molecule has 86 heavy (non-hydrogen) atoms. The summed E-state index contributed by atoms with van der Waals surface area (Å²) in [4.78, 5) is 180. The van der Waals surface area contributed by atoms with Crippen LogP contribution in [0.4, 0.5) is 0 Å². The minimum absolute atomic E-state index is 0.00295. The number of nitrogens with zero attached hydrogens (tertiary/aromatic N) is 1. The number of aromatic amines is 1. The molecule has 0 fully saturated rings. The average molecular weight is 1220 g/mol. The monoisotopic (exact) mass is 1220 g/mol. The van der Waals surface area contributed by atoms with E-state index < -0.39 is 199 Å². The zero-order chi connectivity index (χ0) is 65.7. The molecule has 484 valence electrons. The van der Waals surface area contributed by atoms with E-state index in [1.807, 2.05) is 0 Å². The molecule has 1 rings (SSSR count). The molecule has 0 saturated heterocycles. The Morgan fingerprint density at radius 2 is 0.965 bits per heavy atom. The maximum atomic E-state index is 14.5. The molecule has 10 amide bonds. The highest BCUT2D eigenvalue weighted by Gasteiger charge is 2.38. The van der Waals surface area contributed by atoms with Gasteiger partial charge in [-0.2, -0.15) is 0 Å². The molecule has 0 aliphatic heterocycles. The number of carbonyl (C=O) groups is 13. The third-order valence-corrected chi connectivity index (χ3v) is 13.8. The number of amides is 10. The molecule has 0 unspecified atom stereocenters. The number of aromatic nitrogens is 2. The summed E-state index contributed by atoms with van der Waals surface area (Å²) in [6, 6.07) is -15.4. The molecule has 33 nitrogen and oxygen atoms in total. The van der Waals surface area contributed by atoms with Crippen molar-refractivity contribution < 1.29 is 82.8 Å². The van der Waals surface area contributed by atoms with E-state index in [2.05, 4.69) is 63.1 Å². The topological polar surface area (TPSA) is 554 Å². The molecule has 0 bridgehead atoms. The summed E-state index contributed by atoms with van der Waals surface area (Å²) in [7, 11) is 0. The van der Waals surface area contributed by atoms with Gasteiger partial charge < -0.3 is 95.8 Å². The molecular formula is C53H90N16O17. The molecule has 0 aromatic carbocycles. The SMILES string of the molecule is CC[C@H](C)[C@H](NC(=O)[C@H](Cc1c[nH]cn1)NC(=O)[C@H](CCC(=O)O)NC(=O)[C@@H](NC(=O)[C@@H](NC(=O)[C@@H](N)[C@@H](C)O)[C@@H](C)CC)C(C)C)C(=O)N[C@@H](CCC(=O)O)C(=O)N[C@@H](CCCNC(=N)N)C(=O)N[C@@H](CC(C)C)C(=O)N[C@@H](CC(N)=O)C(=O)O. The second kappa shape index (κ2) is 37.7. The summed E-state index contributed by atoms with van der Waals surface area (Å²) in [6.45, 7) is 14.4. The summed E-state index contributed by atoms with van der Waals surface area (Å²) < 4.78 is 0. The number of hydrogen-bond acceptors (Lipinski definition) is 17. The second-order valence-electron chi connectivity index (χ2n) is 21.9. The number of primary amides is 1. The molecule has 1 aromatic heterocycles. The van der Waals surface area contributed by atoms with Crippen LogP contribution >= 0.6 is 0 Å². The lowest BCUT2D eigenvalue weighted by Crippen LogP contribution is -2.62. The number of carbonyl (C=O) groups excluding carboxylic acids is 10. The van der Waals surface area contributed by atoms with Crippen LogP contribution < -0.4 is 70.4 Å². The fourth-order valence-electron chi connectivity index (χ4n) is 8.31. The van der Waals surface area contributed by atoms with Crippen molar-refractivity contribution in [1.82, 2.24) is 63.1 Å². The van der Waals surface area contributed by atoms with E-state index in [4.69, 9.17) is 22.6 Å². The molecule has 0 aliphatic rings. The maximum absolute atomic E-state index is 14.5. The van der Waals surface area contributed by atoms with Crippen molar-refractivity contribution in [2.45, 2.75) is 199 Å². The van der Waals surface area contributed by atoms with Gasteiger partial charge >= 0.3 is 17.9 Å². The van der Waals surface area contributed by atoms with Crippen molar-refractivity contribution in [3.05, 3.63) is 18.2 Å². The lowest BCUT2D eigenvalue weighted by Gasteiger charge is -2.30. The number of carboxylic acids is 3. The number of guanidine groups is 1. The summed E-state index contributed by atoms with van der Waals surface area (Å²) >= 11 is 0. The van der Waals surface area contributed by atoms with Crippen LogP contribution in [-0.2, 0) is 68.7 Å². The minimum atomic E-state index is -1.76. The quantitative estimate of drug-likeness (QED) is 0.0168. The van der Waals surface area contributed by atoms with E-state index in [0.717, 1.165) is 0 Å². The first-order valence-electron chi connectivity index (χ1n) is 28.3. The van der Waals surface area contributed by atoms with Gasteiger partial charge in [0.05, 0.1) is 24.5 Å². The van der Waals surface area contributed by atoms with Crippen molar-refractivity contribution in [3.63, 3.8) is 0 Å². The van der Waals surface area contributed by atoms with Gasteiger partial charge in [0.15, 0.2) is 5.96 Å². The van der Waals surface area contributed by atoms with E-state index in [9.17, 15) is 82.8 Å². The Morgan fingerprint density at radius 3 is 1.38 bits per heavy atom. The maximum Gasteiger partial charge on any atom is 0.326 e. The number of rotatable bonds is 41. The summed E-state index contributed by atoms with van der Waals surface area (Å²) in [5.74, 6) is -17.0. The zero-order valence-corrected chi connectivity index (χ0v) is 50.1. The lowest BCUT2D eigenvalue weighted by atomic mass is 9.95. The van der Waals surface area contributed by atoms with Crippen molar-refractivity contribution in [2.24, 2.45) is 40.9 Å². The number of nitrogens with two attached hydrogens (primary N) is 3. The molecule has 22 N–H and O–H groups in total. The highest BCUT2D eigenvalue weighted by atomic mass is 16.4.